The molecule has 2 aliphatic heterocycles. The maximum atomic E-state index is 14.0. The van der Waals surface area contributed by atoms with Gasteiger partial charge in [-0.25, -0.2) is 0 Å². The van der Waals surface area contributed by atoms with Crippen LogP contribution in [-0.4, -0.2) is 71.8 Å². The molecule has 4 rings (SSSR count). The van der Waals surface area contributed by atoms with Crippen molar-refractivity contribution in [2.75, 3.05) is 39.3 Å². The molecule has 2 N–H and O–H groups in total. The van der Waals surface area contributed by atoms with Gasteiger partial charge in [-0.3, -0.25) is 14.5 Å². The van der Waals surface area contributed by atoms with Crippen LogP contribution in [0.2, 0.25) is 0 Å². The highest BCUT2D eigenvalue weighted by molar-refractivity contribution is 5.87. The zero-order valence-corrected chi connectivity index (χ0v) is 24.0. The number of nitrogens with zero attached hydrogens (tertiary/aromatic N) is 3. The zero-order valence-electron chi connectivity index (χ0n) is 24.0. The Labute approximate surface area is 247 Å². The third-order valence-electron chi connectivity index (χ3n) is 8.32. The van der Waals surface area contributed by atoms with Crippen LogP contribution in [0.3, 0.4) is 0 Å². The molecule has 2 aliphatic rings. The smallest absolute Gasteiger partial charge is 0.368 e. The van der Waals surface area contributed by atoms with Gasteiger partial charge in [0.1, 0.15) is 6.04 Å². The van der Waals surface area contributed by atoms with Crippen LogP contribution >= 0.6 is 0 Å². The number of nitrogens with two attached hydrogens (primary N) is 1. The predicted molar refractivity (Wildman–Crippen MR) is 150 cm³/mol. The molecule has 2 aromatic rings. The van der Waals surface area contributed by atoms with Crippen LogP contribution in [0.5, 0.6) is 0 Å². The monoisotopic (exact) mass is 612 g/mol. The van der Waals surface area contributed by atoms with Gasteiger partial charge in [0.2, 0.25) is 11.8 Å². The van der Waals surface area contributed by atoms with Gasteiger partial charge in [-0.15, -0.1) is 0 Å². The van der Waals surface area contributed by atoms with E-state index in [1.165, 1.54) is 24.2 Å². The quantitative estimate of drug-likeness (QED) is 0.352. The number of hydrogen-bond acceptors (Lipinski definition) is 4. The summed E-state index contributed by atoms with van der Waals surface area (Å²) in [6, 6.07) is 10.4. The Kier molecular flexibility index (Phi) is 10.8. The van der Waals surface area contributed by atoms with E-state index in [-0.39, 0.29) is 36.9 Å². The maximum absolute atomic E-state index is 14.0. The Hall–Kier alpha value is -3.12. The molecule has 0 aliphatic carbocycles. The van der Waals surface area contributed by atoms with Gasteiger partial charge in [-0.1, -0.05) is 36.8 Å². The first-order chi connectivity index (χ1) is 20.3. The lowest BCUT2D eigenvalue weighted by Gasteiger charge is -2.43. The summed E-state index contributed by atoms with van der Waals surface area (Å²) in [5, 5.41) is 0. The number of carbonyl (C=O) groups excluding carboxylic acids is 2. The van der Waals surface area contributed by atoms with Crippen molar-refractivity contribution in [2.45, 2.75) is 69.4 Å². The Bertz CT molecular complexity index is 1190. The minimum atomic E-state index is -4.95. The molecule has 1 atom stereocenters. The lowest BCUT2D eigenvalue weighted by Crippen LogP contribution is -2.51. The summed E-state index contributed by atoms with van der Waals surface area (Å²) in [5.74, 6) is -1.14. The number of halogens is 6. The van der Waals surface area contributed by atoms with E-state index in [1.54, 1.807) is 0 Å². The fourth-order valence-electron chi connectivity index (χ4n) is 6.20. The van der Waals surface area contributed by atoms with Gasteiger partial charge >= 0.3 is 12.4 Å². The number of alkyl halides is 6. The molecular weight excluding hydrogens is 574 g/mol. The number of benzene rings is 2. The maximum Gasteiger partial charge on any atom is 0.416 e. The molecule has 12 heteroatoms. The normalized spacial score (nSPS) is 18.4. The molecule has 2 fully saturated rings. The van der Waals surface area contributed by atoms with Crippen molar-refractivity contribution < 1.29 is 35.9 Å². The van der Waals surface area contributed by atoms with Crippen LogP contribution in [0.15, 0.2) is 48.5 Å². The lowest BCUT2D eigenvalue weighted by molar-refractivity contribution is -0.143. The van der Waals surface area contributed by atoms with E-state index in [0.29, 0.717) is 31.3 Å². The van der Waals surface area contributed by atoms with Crippen molar-refractivity contribution in [3.05, 3.63) is 70.8 Å². The van der Waals surface area contributed by atoms with Gasteiger partial charge in [0, 0.05) is 25.7 Å². The number of likely N-dealkylation sites (tertiary alicyclic amines) is 2. The molecular formula is C31H38F6N4O2. The third kappa shape index (κ3) is 8.95. The van der Waals surface area contributed by atoms with E-state index in [1.807, 2.05) is 30.3 Å². The summed E-state index contributed by atoms with van der Waals surface area (Å²) in [6.07, 6.45) is -4.62. The fourth-order valence-corrected chi connectivity index (χ4v) is 6.20. The van der Waals surface area contributed by atoms with E-state index in [4.69, 9.17) is 5.73 Å². The highest BCUT2D eigenvalue weighted by Crippen LogP contribution is 2.37. The fraction of sp³-hybridized carbons (Fsp3) is 0.548. The number of hydrogen-bond donors (Lipinski definition) is 1. The Morgan fingerprint density at radius 2 is 1.44 bits per heavy atom. The largest absolute Gasteiger partial charge is 0.416 e. The summed E-state index contributed by atoms with van der Waals surface area (Å²) >= 11 is 0. The molecule has 0 spiro atoms. The Balaban J connectivity index is 1.50. The summed E-state index contributed by atoms with van der Waals surface area (Å²) in [6.45, 7) is 3.02. The number of carbonyl (C=O) groups is 2. The number of amides is 2. The second-order valence-electron chi connectivity index (χ2n) is 11.4. The molecule has 0 radical (unpaired) electrons. The predicted octanol–water partition coefficient (Wildman–Crippen LogP) is 5.66. The molecule has 43 heavy (non-hydrogen) atoms. The third-order valence-corrected chi connectivity index (χ3v) is 8.32. The first-order valence-corrected chi connectivity index (χ1v) is 14.7. The summed E-state index contributed by atoms with van der Waals surface area (Å²) in [4.78, 5) is 31.9. The van der Waals surface area contributed by atoms with Crippen LogP contribution in [-0.2, 0) is 28.4 Å². The van der Waals surface area contributed by atoms with Crippen LogP contribution in [0, 0.1) is 0 Å². The highest BCUT2D eigenvalue weighted by Gasteiger charge is 2.38. The van der Waals surface area contributed by atoms with Gasteiger partial charge in [0.05, 0.1) is 17.7 Å². The van der Waals surface area contributed by atoms with Gasteiger partial charge in [0.25, 0.3) is 0 Å². The molecule has 0 bridgehead atoms. The average Bonchev–Trinajstić information content (AvgIpc) is 2.97. The van der Waals surface area contributed by atoms with Crippen LogP contribution in [0.4, 0.5) is 26.3 Å². The molecule has 0 aromatic heterocycles. The SMILES string of the molecule is NC(=O)CN(CCCc1cc(C(F)(F)F)cc(C(F)(F)F)c1)C(=O)C(c1ccccc1)N1CCC(N2CCCCC2)CC1. The van der Waals surface area contributed by atoms with E-state index in [0.717, 1.165) is 31.5 Å². The van der Waals surface area contributed by atoms with E-state index < -0.39 is 42.0 Å². The minimum Gasteiger partial charge on any atom is -0.368 e. The van der Waals surface area contributed by atoms with Gasteiger partial charge in [-0.05, 0) is 80.9 Å². The van der Waals surface area contributed by atoms with Crippen molar-refractivity contribution in [3.63, 3.8) is 0 Å². The summed E-state index contributed by atoms with van der Waals surface area (Å²) in [5.41, 5.74) is 3.27. The number of primary amides is 1. The highest BCUT2D eigenvalue weighted by atomic mass is 19.4. The number of aryl methyl sites for hydroxylation is 1. The topological polar surface area (TPSA) is 69.9 Å². The van der Waals surface area contributed by atoms with Crippen molar-refractivity contribution in [2.24, 2.45) is 5.73 Å². The molecule has 2 aromatic carbocycles. The van der Waals surface area contributed by atoms with Crippen molar-refractivity contribution in [3.8, 4) is 0 Å². The zero-order chi connectivity index (χ0) is 31.2. The van der Waals surface area contributed by atoms with E-state index in [9.17, 15) is 35.9 Å². The molecule has 2 amide bonds. The van der Waals surface area contributed by atoms with Gasteiger partial charge in [0.15, 0.2) is 0 Å². The van der Waals surface area contributed by atoms with Crippen LogP contribution in [0.25, 0.3) is 0 Å². The average molecular weight is 613 g/mol. The molecule has 2 heterocycles. The minimum absolute atomic E-state index is 0.0379. The van der Waals surface area contributed by atoms with Gasteiger partial charge < -0.3 is 15.5 Å². The lowest BCUT2D eigenvalue weighted by atomic mass is 9.96. The molecule has 236 valence electrons. The van der Waals surface area contributed by atoms with Crippen molar-refractivity contribution in [1.82, 2.24) is 14.7 Å². The second-order valence-corrected chi connectivity index (χ2v) is 11.4. The number of rotatable bonds is 10. The molecule has 1 unspecified atom stereocenters. The summed E-state index contributed by atoms with van der Waals surface area (Å²) in [7, 11) is 0. The molecule has 0 saturated carbocycles. The Morgan fingerprint density at radius 1 is 0.860 bits per heavy atom. The van der Waals surface area contributed by atoms with Crippen molar-refractivity contribution in [1.29, 1.82) is 0 Å². The van der Waals surface area contributed by atoms with E-state index >= 15 is 0 Å². The number of piperidine rings is 2. The Morgan fingerprint density at radius 3 is 1.98 bits per heavy atom. The van der Waals surface area contributed by atoms with Crippen LogP contribution in [0.1, 0.15) is 66.8 Å². The standard InChI is InChI=1S/C31H38F6N4O2/c32-30(33,34)24-18-22(19-25(20-24)31(35,36)37)8-7-15-41(21-27(38)42)29(43)28(23-9-3-1-4-10-23)40-16-11-26(12-17-40)39-13-5-2-6-14-39/h1,3-4,9-10,18-20,26,28H,2,5-8,11-17,21H2,(H2,38,42). The first-order valence-electron chi connectivity index (χ1n) is 14.7. The first kappa shape index (κ1) is 32.8. The van der Waals surface area contributed by atoms with E-state index in [2.05, 4.69) is 9.80 Å². The molecule has 2 saturated heterocycles. The second kappa shape index (κ2) is 14.1. The van der Waals surface area contributed by atoms with Crippen molar-refractivity contribution >= 4 is 11.8 Å². The van der Waals surface area contributed by atoms with Gasteiger partial charge in [-0.2, -0.15) is 26.3 Å². The summed E-state index contributed by atoms with van der Waals surface area (Å²) < 4.78 is 79.9. The molecule has 6 nitrogen and oxygen atoms in total. The van der Waals surface area contributed by atoms with Crippen LogP contribution < -0.4 is 5.73 Å².